The van der Waals surface area contributed by atoms with Crippen molar-refractivity contribution in [1.82, 2.24) is 0 Å². The Morgan fingerprint density at radius 3 is 2.44 bits per heavy atom. The van der Waals surface area contributed by atoms with Gasteiger partial charge in [0.05, 0.1) is 0 Å². The van der Waals surface area contributed by atoms with Crippen molar-refractivity contribution in [3.05, 3.63) is 70.6 Å². The number of halogens is 1. The van der Waals surface area contributed by atoms with E-state index < -0.39 is 0 Å². The van der Waals surface area contributed by atoms with Crippen LogP contribution in [-0.4, -0.2) is 0 Å². The molecule has 3 rings (SSSR count). The standard InChI is InChI=1S/C15H9FOS/c16-11-7-5-10(6-8-11)15-9-13(17)12-3-1-2-4-14(12)18-15/h1-9H. The minimum absolute atomic E-state index is 0.00340. The van der Waals surface area contributed by atoms with Gasteiger partial charge in [-0.15, -0.1) is 11.3 Å². The fourth-order valence-corrected chi connectivity index (χ4v) is 2.94. The third kappa shape index (κ3) is 1.93. The predicted molar refractivity (Wildman–Crippen MR) is 73.5 cm³/mol. The van der Waals surface area contributed by atoms with Crippen molar-refractivity contribution in [1.29, 1.82) is 0 Å². The summed E-state index contributed by atoms with van der Waals surface area (Å²) in [6, 6.07) is 15.3. The molecule has 1 aromatic heterocycles. The maximum Gasteiger partial charge on any atom is 0.188 e. The van der Waals surface area contributed by atoms with E-state index in [4.69, 9.17) is 0 Å². The smallest absolute Gasteiger partial charge is 0.188 e. The highest BCUT2D eigenvalue weighted by atomic mass is 32.1. The number of hydrogen-bond donors (Lipinski definition) is 0. The first-order chi connectivity index (χ1) is 8.74. The molecule has 0 aliphatic carbocycles. The van der Waals surface area contributed by atoms with Crippen LogP contribution in [0.5, 0.6) is 0 Å². The van der Waals surface area contributed by atoms with Gasteiger partial charge in [0, 0.05) is 21.0 Å². The summed E-state index contributed by atoms with van der Waals surface area (Å²) in [7, 11) is 0. The molecule has 0 aliphatic heterocycles. The van der Waals surface area contributed by atoms with E-state index in [1.165, 1.54) is 23.5 Å². The van der Waals surface area contributed by atoms with Crippen LogP contribution in [0.4, 0.5) is 4.39 Å². The van der Waals surface area contributed by atoms with Crippen LogP contribution in [0.15, 0.2) is 59.4 Å². The van der Waals surface area contributed by atoms with Crippen molar-refractivity contribution in [2.24, 2.45) is 0 Å². The first-order valence-electron chi connectivity index (χ1n) is 5.53. The quantitative estimate of drug-likeness (QED) is 0.641. The molecule has 0 radical (unpaired) electrons. The minimum atomic E-state index is -0.271. The molecule has 0 atom stereocenters. The van der Waals surface area contributed by atoms with Gasteiger partial charge in [0.25, 0.3) is 0 Å². The molecular weight excluding hydrogens is 247 g/mol. The summed E-state index contributed by atoms with van der Waals surface area (Å²) < 4.78 is 13.8. The Balaban J connectivity index is 2.24. The predicted octanol–water partition coefficient (Wildman–Crippen LogP) is 4.07. The molecule has 0 aliphatic rings. The average Bonchev–Trinajstić information content (AvgIpc) is 2.39. The topological polar surface area (TPSA) is 17.1 Å². The van der Waals surface area contributed by atoms with Crippen molar-refractivity contribution in [2.45, 2.75) is 0 Å². The van der Waals surface area contributed by atoms with Crippen LogP contribution in [0.2, 0.25) is 0 Å². The van der Waals surface area contributed by atoms with E-state index >= 15 is 0 Å². The molecule has 0 unspecified atom stereocenters. The van der Waals surface area contributed by atoms with Crippen LogP contribution >= 0.6 is 11.3 Å². The lowest BCUT2D eigenvalue weighted by atomic mass is 10.1. The molecule has 88 valence electrons. The van der Waals surface area contributed by atoms with Gasteiger partial charge in [0.15, 0.2) is 5.43 Å². The van der Waals surface area contributed by atoms with E-state index in [-0.39, 0.29) is 11.2 Å². The SMILES string of the molecule is O=c1cc(-c2ccc(F)cc2)sc2ccccc12. The Hall–Kier alpha value is -2.00. The van der Waals surface area contributed by atoms with Crippen molar-refractivity contribution < 1.29 is 4.39 Å². The molecule has 0 spiro atoms. The normalized spacial score (nSPS) is 10.7. The molecule has 3 heteroatoms. The zero-order valence-electron chi connectivity index (χ0n) is 9.39. The summed E-state index contributed by atoms with van der Waals surface area (Å²) in [5.41, 5.74) is 0.868. The highest BCUT2D eigenvalue weighted by molar-refractivity contribution is 7.21. The third-order valence-electron chi connectivity index (χ3n) is 2.76. The molecule has 0 fully saturated rings. The monoisotopic (exact) mass is 256 g/mol. The highest BCUT2D eigenvalue weighted by Gasteiger charge is 2.04. The number of rotatable bonds is 1. The van der Waals surface area contributed by atoms with Gasteiger partial charge in [-0.2, -0.15) is 0 Å². The minimum Gasteiger partial charge on any atom is -0.289 e. The van der Waals surface area contributed by atoms with Crippen LogP contribution < -0.4 is 5.43 Å². The van der Waals surface area contributed by atoms with E-state index in [1.807, 2.05) is 24.3 Å². The first kappa shape index (κ1) is 11.1. The summed E-state index contributed by atoms with van der Waals surface area (Å²) in [6.45, 7) is 0. The van der Waals surface area contributed by atoms with E-state index in [9.17, 15) is 9.18 Å². The summed E-state index contributed by atoms with van der Waals surface area (Å²) in [4.78, 5) is 12.8. The maximum atomic E-state index is 12.9. The first-order valence-corrected chi connectivity index (χ1v) is 6.34. The fourth-order valence-electron chi connectivity index (χ4n) is 1.86. The van der Waals surface area contributed by atoms with E-state index in [2.05, 4.69) is 0 Å². The van der Waals surface area contributed by atoms with Gasteiger partial charge in [0.1, 0.15) is 5.82 Å². The zero-order valence-corrected chi connectivity index (χ0v) is 10.2. The van der Waals surface area contributed by atoms with Gasteiger partial charge >= 0.3 is 0 Å². The van der Waals surface area contributed by atoms with E-state index in [0.717, 1.165) is 20.5 Å². The fraction of sp³-hybridized carbons (Fsp3) is 0. The second kappa shape index (κ2) is 4.35. The highest BCUT2D eigenvalue weighted by Crippen LogP contribution is 2.27. The molecule has 0 amide bonds. The Morgan fingerprint density at radius 1 is 0.944 bits per heavy atom. The number of fused-ring (bicyclic) bond motifs is 1. The van der Waals surface area contributed by atoms with Crippen molar-refractivity contribution >= 4 is 21.4 Å². The molecule has 0 saturated heterocycles. The van der Waals surface area contributed by atoms with Crippen LogP contribution in [0.3, 0.4) is 0 Å². The molecule has 1 heterocycles. The van der Waals surface area contributed by atoms with Crippen molar-refractivity contribution in [3.8, 4) is 10.4 Å². The van der Waals surface area contributed by atoms with Gasteiger partial charge in [0.2, 0.25) is 0 Å². The second-order valence-electron chi connectivity index (χ2n) is 3.98. The van der Waals surface area contributed by atoms with Gasteiger partial charge < -0.3 is 0 Å². The molecule has 0 N–H and O–H groups in total. The van der Waals surface area contributed by atoms with Crippen LogP contribution in [-0.2, 0) is 0 Å². The maximum absolute atomic E-state index is 12.9. The molecule has 0 bridgehead atoms. The Kier molecular flexibility index (Phi) is 2.68. The van der Waals surface area contributed by atoms with Gasteiger partial charge in [-0.05, 0) is 29.8 Å². The summed E-state index contributed by atoms with van der Waals surface area (Å²) >= 11 is 1.54. The van der Waals surface area contributed by atoms with Crippen LogP contribution in [0, 0.1) is 5.82 Å². The summed E-state index contributed by atoms with van der Waals surface area (Å²) in [5.74, 6) is -0.271. The molecule has 3 aromatic rings. The van der Waals surface area contributed by atoms with Crippen LogP contribution in [0.25, 0.3) is 20.5 Å². The molecule has 1 nitrogen and oxygen atoms in total. The average molecular weight is 256 g/mol. The van der Waals surface area contributed by atoms with Gasteiger partial charge in [-0.25, -0.2) is 4.39 Å². The summed E-state index contributed by atoms with van der Waals surface area (Å²) in [5, 5.41) is 0.730. The molecule has 0 saturated carbocycles. The lowest BCUT2D eigenvalue weighted by Gasteiger charge is -2.02. The lowest BCUT2D eigenvalue weighted by molar-refractivity contribution is 0.628. The van der Waals surface area contributed by atoms with Gasteiger partial charge in [-0.3, -0.25) is 4.79 Å². The Bertz CT molecular complexity index is 759. The number of benzene rings is 2. The van der Waals surface area contributed by atoms with Gasteiger partial charge in [-0.1, -0.05) is 24.3 Å². The lowest BCUT2D eigenvalue weighted by Crippen LogP contribution is -1.98. The number of hydrogen-bond acceptors (Lipinski definition) is 2. The zero-order chi connectivity index (χ0) is 12.5. The Morgan fingerprint density at radius 2 is 1.67 bits per heavy atom. The van der Waals surface area contributed by atoms with Crippen molar-refractivity contribution in [2.75, 3.05) is 0 Å². The molecule has 2 aromatic carbocycles. The summed E-state index contributed by atoms with van der Waals surface area (Å²) in [6.07, 6.45) is 0. The van der Waals surface area contributed by atoms with Crippen LogP contribution in [0.1, 0.15) is 0 Å². The molecule has 18 heavy (non-hydrogen) atoms. The van der Waals surface area contributed by atoms with E-state index in [0.29, 0.717) is 0 Å². The van der Waals surface area contributed by atoms with E-state index in [1.54, 1.807) is 18.2 Å². The van der Waals surface area contributed by atoms with Crippen molar-refractivity contribution in [3.63, 3.8) is 0 Å². The second-order valence-corrected chi connectivity index (χ2v) is 5.06. The third-order valence-corrected chi connectivity index (χ3v) is 3.91. The largest absolute Gasteiger partial charge is 0.289 e. The molecular formula is C15H9FOS. The Labute approximate surface area is 107 Å².